The lowest BCUT2D eigenvalue weighted by atomic mass is 10.1. The molecule has 1 N–H and O–H groups in total. The van der Waals surface area contributed by atoms with Crippen molar-refractivity contribution in [2.75, 3.05) is 19.5 Å². The first-order valence-electron chi connectivity index (χ1n) is 9.25. The van der Waals surface area contributed by atoms with E-state index < -0.39 is 10.0 Å². The zero-order valence-electron chi connectivity index (χ0n) is 16.1. The molecule has 0 aliphatic rings. The minimum atomic E-state index is -3.57. The Kier molecular flexibility index (Phi) is 7.30. The van der Waals surface area contributed by atoms with Crippen molar-refractivity contribution in [3.05, 3.63) is 66.1 Å². The third-order valence-electron chi connectivity index (χ3n) is 4.39. The smallest absolute Gasteiger partial charge is 0.240 e. The maximum atomic E-state index is 12.4. The number of hydrogen-bond acceptors (Lipinski definition) is 5. The zero-order chi connectivity index (χ0) is 20.7. The Hall–Kier alpha value is -2.35. The Morgan fingerprint density at radius 1 is 1.07 bits per heavy atom. The van der Waals surface area contributed by atoms with Crippen molar-refractivity contribution in [1.82, 2.24) is 9.71 Å². The Labute approximate surface area is 175 Å². The molecule has 154 valence electrons. The van der Waals surface area contributed by atoms with Gasteiger partial charge in [-0.25, -0.2) is 18.1 Å². The summed E-state index contributed by atoms with van der Waals surface area (Å²) in [5, 5.41) is 0. The van der Waals surface area contributed by atoms with E-state index in [0.717, 1.165) is 29.7 Å². The van der Waals surface area contributed by atoms with E-state index in [9.17, 15) is 8.42 Å². The molecule has 3 rings (SSSR count). The van der Waals surface area contributed by atoms with Gasteiger partial charge in [-0.05, 0) is 54.8 Å². The van der Waals surface area contributed by atoms with Crippen molar-refractivity contribution in [3.63, 3.8) is 0 Å². The molecule has 0 bridgehead atoms. The molecule has 0 amide bonds. The van der Waals surface area contributed by atoms with E-state index in [1.807, 2.05) is 36.4 Å². The quantitative estimate of drug-likeness (QED) is 0.487. The number of alkyl halides is 1. The van der Waals surface area contributed by atoms with Crippen molar-refractivity contribution in [2.45, 2.75) is 24.2 Å². The monoisotopic (exact) mass is 434 g/mol. The summed E-state index contributed by atoms with van der Waals surface area (Å²) in [5.41, 5.74) is 2.57. The van der Waals surface area contributed by atoms with E-state index in [0.29, 0.717) is 23.9 Å². The highest BCUT2D eigenvalue weighted by atomic mass is 35.5. The van der Waals surface area contributed by atoms with Crippen molar-refractivity contribution in [1.29, 1.82) is 0 Å². The summed E-state index contributed by atoms with van der Waals surface area (Å²) in [7, 11) is -1.96. The molecular weight excluding hydrogens is 412 g/mol. The number of aryl methyl sites for hydroxylation is 1. The molecule has 0 saturated carbocycles. The molecular formula is C21H23ClN2O4S. The number of halogens is 1. The third kappa shape index (κ3) is 5.82. The highest BCUT2D eigenvalue weighted by molar-refractivity contribution is 7.89. The molecule has 1 heterocycles. The molecule has 29 heavy (non-hydrogen) atoms. The minimum absolute atomic E-state index is 0.227. The van der Waals surface area contributed by atoms with E-state index in [4.69, 9.17) is 20.8 Å². The number of benzene rings is 2. The van der Waals surface area contributed by atoms with Crippen LogP contribution >= 0.6 is 11.6 Å². The molecule has 6 nitrogen and oxygen atoms in total. The van der Waals surface area contributed by atoms with E-state index in [2.05, 4.69) is 9.71 Å². The molecule has 0 unspecified atom stereocenters. The van der Waals surface area contributed by atoms with Crippen LogP contribution in [0.1, 0.15) is 17.7 Å². The van der Waals surface area contributed by atoms with Gasteiger partial charge in [-0.3, -0.25) is 0 Å². The van der Waals surface area contributed by atoms with Crippen LogP contribution in [0.4, 0.5) is 0 Å². The molecule has 0 radical (unpaired) electrons. The van der Waals surface area contributed by atoms with Crippen LogP contribution in [0, 0.1) is 0 Å². The SMILES string of the molecule is COc1ccc(-c2nc(CCNS(=O)(=O)c3ccc(CCCCl)cc3)co2)cc1. The van der Waals surface area contributed by atoms with Gasteiger partial charge in [-0.2, -0.15) is 0 Å². The van der Waals surface area contributed by atoms with Crippen molar-refractivity contribution >= 4 is 21.6 Å². The maximum Gasteiger partial charge on any atom is 0.240 e. The van der Waals surface area contributed by atoms with Gasteiger partial charge in [0, 0.05) is 24.4 Å². The predicted molar refractivity (Wildman–Crippen MR) is 113 cm³/mol. The summed E-state index contributed by atoms with van der Waals surface area (Å²) in [6.07, 6.45) is 3.66. The molecule has 2 aromatic carbocycles. The molecule has 8 heteroatoms. The second kappa shape index (κ2) is 9.91. The second-order valence-electron chi connectivity index (χ2n) is 6.46. The third-order valence-corrected chi connectivity index (χ3v) is 6.14. The van der Waals surface area contributed by atoms with Crippen molar-refractivity contribution in [3.8, 4) is 17.2 Å². The number of sulfonamides is 1. The summed E-state index contributed by atoms with van der Waals surface area (Å²) in [6, 6.07) is 14.2. The first kappa shape index (κ1) is 21.4. The summed E-state index contributed by atoms with van der Waals surface area (Å²) in [5.74, 6) is 1.82. The molecule has 0 spiro atoms. The summed E-state index contributed by atoms with van der Waals surface area (Å²) >= 11 is 5.69. The second-order valence-corrected chi connectivity index (χ2v) is 8.60. The Morgan fingerprint density at radius 2 is 1.79 bits per heavy atom. The molecule has 0 fully saturated rings. The van der Waals surface area contributed by atoms with Gasteiger partial charge in [0.15, 0.2) is 0 Å². The molecule has 0 atom stereocenters. The number of ether oxygens (including phenoxy) is 1. The van der Waals surface area contributed by atoms with Gasteiger partial charge in [-0.15, -0.1) is 11.6 Å². The van der Waals surface area contributed by atoms with Crippen LogP contribution in [0.15, 0.2) is 64.1 Å². The minimum Gasteiger partial charge on any atom is -0.497 e. The average molecular weight is 435 g/mol. The average Bonchev–Trinajstić information content (AvgIpc) is 3.21. The van der Waals surface area contributed by atoms with Crippen LogP contribution in [-0.2, 0) is 22.9 Å². The van der Waals surface area contributed by atoms with Crippen LogP contribution in [-0.4, -0.2) is 32.9 Å². The number of hydrogen-bond donors (Lipinski definition) is 1. The Balaban J connectivity index is 1.55. The van der Waals surface area contributed by atoms with Crippen LogP contribution in [0.3, 0.4) is 0 Å². The largest absolute Gasteiger partial charge is 0.497 e. The van der Waals surface area contributed by atoms with Gasteiger partial charge >= 0.3 is 0 Å². The van der Waals surface area contributed by atoms with Gasteiger partial charge in [0.25, 0.3) is 0 Å². The summed E-state index contributed by atoms with van der Waals surface area (Å²) in [6.45, 7) is 0.227. The van der Waals surface area contributed by atoms with Gasteiger partial charge in [0.05, 0.1) is 17.7 Å². The number of nitrogens with one attached hydrogen (secondary N) is 1. The van der Waals surface area contributed by atoms with E-state index in [1.165, 1.54) is 0 Å². The summed E-state index contributed by atoms with van der Waals surface area (Å²) < 4.78 is 38.1. The fourth-order valence-corrected chi connectivity index (χ4v) is 3.96. The molecule has 1 aromatic heterocycles. The Morgan fingerprint density at radius 3 is 2.45 bits per heavy atom. The van der Waals surface area contributed by atoms with Gasteiger partial charge in [0.2, 0.25) is 15.9 Å². The number of methoxy groups -OCH3 is 1. The number of nitrogens with zero attached hydrogens (tertiary/aromatic N) is 1. The lowest BCUT2D eigenvalue weighted by Crippen LogP contribution is -2.26. The van der Waals surface area contributed by atoms with E-state index in [1.54, 1.807) is 25.5 Å². The van der Waals surface area contributed by atoms with Crippen LogP contribution in [0.25, 0.3) is 11.5 Å². The van der Waals surface area contributed by atoms with Gasteiger partial charge in [-0.1, -0.05) is 12.1 Å². The predicted octanol–water partition coefficient (Wildman–Crippen LogP) is 4.04. The number of aromatic nitrogens is 1. The first-order chi connectivity index (χ1) is 14.0. The lowest BCUT2D eigenvalue weighted by Gasteiger charge is -2.07. The maximum absolute atomic E-state index is 12.4. The van der Waals surface area contributed by atoms with Crippen LogP contribution in [0.2, 0.25) is 0 Å². The molecule has 0 aliphatic carbocycles. The van der Waals surface area contributed by atoms with Gasteiger partial charge in [0.1, 0.15) is 12.0 Å². The normalized spacial score (nSPS) is 11.5. The zero-order valence-corrected chi connectivity index (χ0v) is 17.7. The highest BCUT2D eigenvalue weighted by Gasteiger charge is 2.14. The van der Waals surface area contributed by atoms with E-state index >= 15 is 0 Å². The lowest BCUT2D eigenvalue weighted by molar-refractivity contribution is 0.415. The molecule has 0 saturated heterocycles. The van der Waals surface area contributed by atoms with Crippen LogP contribution in [0.5, 0.6) is 5.75 Å². The highest BCUT2D eigenvalue weighted by Crippen LogP contribution is 2.22. The topological polar surface area (TPSA) is 81.4 Å². The molecule has 0 aliphatic heterocycles. The van der Waals surface area contributed by atoms with Crippen LogP contribution < -0.4 is 9.46 Å². The van der Waals surface area contributed by atoms with Crippen molar-refractivity contribution < 1.29 is 17.6 Å². The van der Waals surface area contributed by atoms with E-state index in [-0.39, 0.29) is 11.4 Å². The summed E-state index contributed by atoms with van der Waals surface area (Å²) in [4.78, 5) is 4.66. The van der Waals surface area contributed by atoms with Crippen molar-refractivity contribution in [2.24, 2.45) is 0 Å². The fraction of sp³-hybridized carbons (Fsp3) is 0.286. The number of rotatable bonds is 10. The fourth-order valence-electron chi connectivity index (χ4n) is 2.79. The standard InChI is InChI=1S/C21H23ClN2O4S/c1-27-19-8-6-17(7-9-19)21-24-18(15-28-21)12-14-23-29(25,26)20-10-4-16(5-11-20)3-2-13-22/h4-11,15,23H,2-3,12-14H2,1H3. The molecule has 3 aromatic rings. The number of oxazole rings is 1. The first-order valence-corrected chi connectivity index (χ1v) is 11.3. The van der Waals surface area contributed by atoms with Gasteiger partial charge < -0.3 is 9.15 Å². The Bertz CT molecular complexity index is 1020.